The molecule has 2 aliphatic rings. The van der Waals surface area contributed by atoms with E-state index in [1.807, 2.05) is 26.8 Å². The number of anilines is 1. The molecule has 5 rings (SSSR count). The van der Waals surface area contributed by atoms with Gasteiger partial charge in [-0.15, -0.1) is 0 Å². The Morgan fingerprint density at radius 3 is 2.71 bits per heavy atom. The van der Waals surface area contributed by atoms with Crippen molar-refractivity contribution in [1.82, 2.24) is 24.6 Å². The molecule has 0 aliphatic carbocycles. The van der Waals surface area contributed by atoms with Crippen molar-refractivity contribution in [3.05, 3.63) is 45.7 Å². The van der Waals surface area contributed by atoms with Gasteiger partial charge in [0.25, 0.3) is 0 Å². The number of benzene rings is 1. The molecule has 2 fully saturated rings. The van der Waals surface area contributed by atoms with Gasteiger partial charge in [-0.1, -0.05) is 29.3 Å². The number of aliphatic hydroxyl groups is 1. The fourth-order valence-electron chi connectivity index (χ4n) is 5.78. The molecular weight excluding hydrogens is 521 g/mol. The van der Waals surface area contributed by atoms with E-state index in [1.165, 1.54) is 12.8 Å². The van der Waals surface area contributed by atoms with Crippen LogP contribution in [0.25, 0.3) is 11.2 Å². The van der Waals surface area contributed by atoms with Crippen LogP contribution >= 0.6 is 23.2 Å². The van der Waals surface area contributed by atoms with Crippen molar-refractivity contribution in [1.29, 1.82) is 5.26 Å². The minimum atomic E-state index is -0.589. The smallest absolute Gasteiger partial charge is 0.190 e. The van der Waals surface area contributed by atoms with E-state index in [0.29, 0.717) is 33.0 Å². The molecule has 3 aromatic rings. The second-order valence-corrected chi connectivity index (χ2v) is 12.3. The van der Waals surface area contributed by atoms with E-state index in [-0.39, 0.29) is 11.7 Å². The van der Waals surface area contributed by atoms with Gasteiger partial charge in [-0.05, 0) is 89.1 Å². The Morgan fingerprint density at radius 1 is 1.21 bits per heavy atom. The summed E-state index contributed by atoms with van der Waals surface area (Å²) in [5, 5.41) is 25.3. The number of nitrogens with zero attached hydrogens (tertiary/aromatic N) is 7. The molecule has 2 aliphatic heterocycles. The number of nitriles is 1. The van der Waals surface area contributed by atoms with Crippen LogP contribution in [0.15, 0.2) is 24.4 Å². The summed E-state index contributed by atoms with van der Waals surface area (Å²) >= 11 is 12.6. The van der Waals surface area contributed by atoms with Gasteiger partial charge in [0, 0.05) is 29.7 Å². The third-order valence-corrected chi connectivity index (χ3v) is 8.54. The monoisotopic (exact) mass is 555 g/mol. The SMILES string of the molecule is C[C@H](c1ccc(Cl)cc1Cl)n1nc(C#N)c2ncc(N3CC([C@H]4CCCN(CCCC(C)(C)O)C4)C3)nc21. The molecule has 2 aromatic heterocycles. The lowest BCUT2D eigenvalue weighted by molar-refractivity contribution is 0.0594. The Bertz CT molecular complexity index is 1340. The lowest BCUT2D eigenvalue weighted by Crippen LogP contribution is -2.54. The van der Waals surface area contributed by atoms with E-state index in [4.69, 9.17) is 28.2 Å². The van der Waals surface area contributed by atoms with E-state index in [1.54, 1.807) is 23.0 Å². The van der Waals surface area contributed by atoms with Crippen molar-refractivity contribution >= 4 is 40.2 Å². The first-order valence-corrected chi connectivity index (χ1v) is 14.2. The van der Waals surface area contributed by atoms with Gasteiger partial charge in [-0.25, -0.2) is 14.6 Å². The maximum absolute atomic E-state index is 10.0. The molecule has 4 heterocycles. The molecule has 2 saturated heterocycles. The predicted molar refractivity (Wildman–Crippen MR) is 151 cm³/mol. The Labute approximate surface area is 234 Å². The van der Waals surface area contributed by atoms with E-state index < -0.39 is 5.60 Å². The molecule has 38 heavy (non-hydrogen) atoms. The van der Waals surface area contributed by atoms with Crippen molar-refractivity contribution in [2.45, 2.75) is 58.1 Å². The van der Waals surface area contributed by atoms with Crippen LogP contribution in [-0.4, -0.2) is 68.1 Å². The van der Waals surface area contributed by atoms with Gasteiger partial charge < -0.3 is 14.9 Å². The number of aromatic nitrogens is 4. The standard InChI is InChI=1S/C28H35Cl2N7O/c1-18(22-8-7-21(29)12-23(22)30)37-27-26(24(13-31)34-37)32-14-25(33-27)36-16-20(17-36)19-6-4-10-35(15-19)11-5-9-28(2,3)38/h7-8,12,14,18-20,38H,4-6,9-11,15-17H2,1-3H3/t18-,19+/m1/s1. The predicted octanol–water partition coefficient (Wildman–Crippen LogP) is 5.31. The zero-order valence-corrected chi connectivity index (χ0v) is 23.8. The highest BCUT2D eigenvalue weighted by atomic mass is 35.5. The summed E-state index contributed by atoms with van der Waals surface area (Å²) in [6.45, 7) is 11.0. The van der Waals surface area contributed by atoms with Crippen LogP contribution in [0.1, 0.15) is 63.8 Å². The molecule has 0 amide bonds. The van der Waals surface area contributed by atoms with Gasteiger partial charge >= 0.3 is 0 Å². The molecule has 10 heteroatoms. The van der Waals surface area contributed by atoms with Crippen molar-refractivity contribution in [3.8, 4) is 6.07 Å². The largest absolute Gasteiger partial charge is 0.390 e. The summed E-state index contributed by atoms with van der Waals surface area (Å²) in [6.07, 6.45) is 6.12. The second kappa shape index (κ2) is 11.0. The minimum absolute atomic E-state index is 0.248. The average Bonchev–Trinajstić information content (AvgIpc) is 3.20. The van der Waals surface area contributed by atoms with Crippen LogP contribution < -0.4 is 4.90 Å². The number of halogens is 2. The van der Waals surface area contributed by atoms with Gasteiger partial charge in [0.2, 0.25) is 0 Å². The van der Waals surface area contributed by atoms with Crippen molar-refractivity contribution in [3.63, 3.8) is 0 Å². The molecule has 0 radical (unpaired) electrons. The van der Waals surface area contributed by atoms with Crippen LogP contribution in [0.3, 0.4) is 0 Å². The van der Waals surface area contributed by atoms with Crippen LogP contribution in [0.4, 0.5) is 5.82 Å². The van der Waals surface area contributed by atoms with Gasteiger partial charge in [-0.3, -0.25) is 0 Å². The molecule has 1 N–H and O–H groups in total. The topological polar surface area (TPSA) is 94.1 Å². The molecule has 1 aromatic carbocycles. The minimum Gasteiger partial charge on any atom is -0.390 e. The number of hydrogen-bond acceptors (Lipinski definition) is 7. The highest BCUT2D eigenvalue weighted by molar-refractivity contribution is 6.35. The first-order chi connectivity index (χ1) is 18.1. The van der Waals surface area contributed by atoms with Gasteiger partial charge in [0.1, 0.15) is 17.4 Å². The maximum Gasteiger partial charge on any atom is 0.190 e. The summed E-state index contributed by atoms with van der Waals surface area (Å²) in [7, 11) is 0. The van der Waals surface area contributed by atoms with Crippen molar-refractivity contribution in [2.24, 2.45) is 11.8 Å². The third-order valence-electron chi connectivity index (χ3n) is 7.98. The third kappa shape index (κ3) is 5.76. The average molecular weight is 557 g/mol. The molecule has 0 unspecified atom stereocenters. The molecule has 0 spiro atoms. The van der Waals surface area contributed by atoms with E-state index in [0.717, 1.165) is 56.9 Å². The maximum atomic E-state index is 10.0. The molecule has 2 atom stereocenters. The van der Waals surface area contributed by atoms with E-state index in [9.17, 15) is 10.4 Å². The highest BCUT2D eigenvalue weighted by Gasteiger charge is 2.37. The first-order valence-electron chi connectivity index (χ1n) is 13.4. The highest BCUT2D eigenvalue weighted by Crippen LogP contribution is 2.35. The number of likely N-dealkylation sites (tertiary alicyclic amines) is 1. The molecule has 0 bridgehead atoms. The first kappa shape index (κ1) is 27.1. The Balaban J connectivity index is 1.28. The van der Waals surface area contributed by atoms with E-state index >= 15 is 0 Å². The number of piperidine rings is 1. The van der Waals surface area contributed by atoms with Crippen molar-refractivity contribution in [2.75, 3.05) is 37.6 Å². The molecular formula is C28H35Cl2N7O. The zero-order chi connectivity index (χ0) is 27.0. The lowest BCUT2D eigenvalue weighted by atomic mass is 9.80. The van der Waals surface area contributed by atoms with E-state index in [2.05, 4.69) is 26.0 Å². The summed E-state index contributed by atoms with van der Waals surface area (Å²) in [6, 6.07) is 7.30. The normalized spacial score (nSPS) is 19.9. The summed E-state index contributed by atoms with van der Waals surface area (Å²) < 4.78 is 1.74. The van der Waals surface area contributed by atoms with Gasteiger partial charge in [0.15, 0.2) is 11.3 Å². The molecule has 202 valence electrons. The summed E-state index contributed by atoms with van der Waals surface area (Å²) in [4.78, 5) is 14.4. The van der Waals surface area contributed by atoms with Gasteiger partial charge in [-0.2, -0.15) is 10.4 Å². The Hall–Kier alpha value is -2.44. The van der Waals surface area contributed by atoms with Crippen LogP contribution in [0.2, 0.25) is 10.0 Å². The van der Waals surface area contributed by atoms with Crippen molar-refractivity contribution < 1.29 is 5.11 Å². The van der Waals surface area contributed by atoms with Crippen LogP contribution in [0, 0.1) is 23.2 Å². The second-order valence-electron chi connectivity index (χ2n) is 11.4. The fraction of sp³-hybridized carbons (Fsp3) is 0.571. The van der Waals surface area contributed by atoms with Crippen LogP contribution in [0.5, 0.6) is 0 Å². The van der Waals surface area contributed by atoms with Gasteiger partial charge in [0.05, 0.1) is 17.8 Å². The van der Waals surface area contributed by atoms with Crippen LogP contribution in [-0.2, 0) is 0 Å². The number of fused-ring (bicyclic) bond motifs is 1. The Kier molecular flexibility index (Phi) is 7.84. The quantitative estimate of drug-likeness (QED) is 0.402. The Morgan fingerprint density at radius 2 is 2.00 bits per heavy atom. The summed E-state index contributed by atoms with van der Waals surface area (Å²) in [5.74, 6) is 2.13. The molecule has 8 nitrogen and oxygen atoms in total. The fourth-order valence-corrected chi connectivity index (χ4v) is 6.35. The summed E-state index contributed by atoms with van der Waals surface area (Å²) in [5.41, 5.74) is 1.60. The number of rotatable bonds is 8. The number of hydrogen-bond donors (Lipinski definition) is 1. The lowest BCUT2D eigenvalue weighted by Gasteiger charge is -2.47. The molecule has 0 saturated carbocycles. The zero-order valence-electron chi connectivity index (χ0n) is 22.2.